The fourth-order valence-corrected chi connectivity index (χ4v) is 1.24. The highest BCUT2D eigenvalue weighted by Crippen LogP contribution is 2.15. The number of amides is 1. The second kappa shape index (κ2) is 5.97. The smallest absolute Gasteiger partial charge is 0.306 e. The van der Waals surface area contributed by atoms with Gasteiger partial charge in [0.15, 0.2) is 0 Å². The van der Waals surface area contributed by atoms with Crippen LogP contribution in [0, 0.1) is 0 Å². The predicted octanol–water partition coefficient (Wildman–Crippen LogP) is 0.143. The molecule has 0 spiro atoms. The van der Waals surface area contributed by atoms with Gasteiger partial charge in [0.25, 0.3) is 5.91 Å². The van der Waals surface area contributed by atoms with E-state index >= 15 is 0 Å². The maximum Gasteiger partial charge on any atom is 0.306 e. The number of nitrogens with one attached hydrogen (secondary N) is 1. The number of carboxylic acids is 1. The molecular weight excluding hydrogens is 226 g/mol. The van der Waals surface area contributed by atoms with Gasteiger partial charge < -0.3 is 20.3 Å². The average Bonchev–Trinajstić information content (AvgIpc) is 2.23. The first-order valence-electron chi connectivity index (χ1n) is 5.44. The molecule has 0 bridgehead atoms. The van der Waals surface area contributed by atoms with Crippen molar-refractivity contribution in [2.75, 3.05) is 13.7 Å². The molecule has 0 aromatic heterocycles. The van der Waals surface area contributed by atoms with E-state index in [2.05, 4.69) is 5.32 Å². The summed E-state index contributed by atoms with van der Waals surface area (Å²) in [6.45, 7) is 4.67. The quantitative estimate of drug-likeness (QED) is 0.595. The summed E-state index contributed by atoms with van der Waals surface area (Å²) >= 11 is 0. The summed E-state index contributed by atoms with van der Waals surface area (Å²) in [5, 5.41) is 20.8. The van der Waals surface area contributed by atoms with Gasteiger partial charge in [-0.1, -0.05) is 6.92 Å². The van der Waals surface area contributed by atoms with E-state index in [4.69, 9.17) is 9.84 Å². The van der Waals surface area contributed by atoms with Crippen LogP contribution >= 0.6 is 0 Å². The molecule has 0 fully saturated rings. The lowest BCUT2D eigenvalue weighted by Gasteiger charge is -2.28. The summed E-state index contributed by atoms with van der Waals surface area (Å²) in [5.74, 6) is -1.48. The van der Waals surface area contributed by atoms with Crippen LogP contribution in [0.5, 0.6) is 0 Å². The van der Waals surface area contributed by atoms with Gasteiger partial charge in [-0.15, -0.1) is 0 Å². The number of carbonyl (C=O) groups is 2. The summed E-state index contributed by atoms with van der Waals surface area (Å²) < 4.78 is 5.09. The third kappa shape index (κ3) is 5.14. The summed E-state index contributed by atoms with van der Waals surface area (Å²) in [6, 6.07) is 0. The zero-order valence-corrected chi connectivity index (χ0v) is 10.7. The Bertz CT molecular complexity index is 284. The average molecular weight is 247 g/mol. The topological polar surface area (TPSA) is 95.9 Å². The van der Waals surface area contributed by atoms with Crippen LogP contribution in [0.2, 0.25) is 0 Å². The van der Waals surface area contributed by atoms with Gasteiger partial charge in [0.05, 0.1) is 12.0 Å². The lowest BCUT2D eigenvalue weighted by Crippen LogP contribution is -2.50. The molecule has 0 aliphatic carbocycles. The standard InChI is InChI=1S/C11H21NO5/c1-5-11(3,17-4)9(15)12-7-10(2,16)6-8(13)14/h16H,5-7H2,1-4H3,(H,12,15)(H,13,14). The molecule has 0 saturated heterocycles. The maximum absolute atomic E-state index is 11.8. The number of ether oxygens (including phenoxy) is 1. The van der Waals surface area contributed by atoms with Crippen LogP contribution in [-0.4, -0.2) is 46.9 Å². The SMILES string of the molecule is CCC(C)(OC)C(=O)NCC(C)(O)CC(=O)O. The fourth-order valence-electron chi connectivity index (χ4n) is 1.24. The third-order valence-corrected chi connectivity index (χ3v) is 2.77. The number of aliphatic carboxylic acids is 1. The predicted molar refractivity (Wildman–Crippen MR) is 61.6 cm³/mol. The minimum absolute atomic E-state index is 0.128. The van der Waals surface area contributed by atoms with Gasteiger partial charge in [-0.3, -0.25) is 9.59 Å². The van der Waals surface area contributed by atoms with Crippen molar-refractivity contribution in [3.8, 4) is 0 Å². The van der Waals surface area contributed by atoms with Crippen molar-refractivity contribution in [3.63, 3.8) is 0 Å². The molecule has 2 unspecified atom stereocenters. The van der Waals surface area contributed by atoms with Crippen molar-refractivity contribution in [3.05, 3.63) is 0 Å². The number of carboxylic acid groups (broad SMARTS) is 1. The van der Waals surface area contributed by atoms with Crippen molar-refractivity contribution in [1.82, 2.24) is 5.32 Å². The largest absolute Gasteiger partial charge is 0.481 e. The summed E-state index contributed by atoms with van der Waals surface area (Å²) in [6.07, 6.45) is 0.0551. The zero-order valence-electron chi connectivity index (χ0n) is 10.7. The van der Waals surface area contributed by atoms with Gasteiger partial charge >= 0.3 is 5.97 Å². The highest BCUT2D eigenvalue weighted by atomic mass is 16.5. The Balaban J connectivity index is 4.37. The normalized spacial score (nSPS) is 17.9. The minimum Gasteiger partial charge on any atom is -0.481 e. The second-order valence-electron chi connectivity index (χ2n) is 4.54. The Morgan fingerprint density at radius 1 is 1.35 bits per heavy atom. The summed E-state index contributed by atoms with van der Waals surface area (Å²) in [4.78, 5) is 22.2. The van der Waals surface area contributed by atoms with Crippen molar-refractivity contribution in [2.24, 2.45) is 0 Å². The Morgan fingerprint density at radius 3 is 2.24 bits per heavy atom. The molecule has 0 saturated carbocycles. The van der Waals surface area contributed by atoms with E-state index < -0.39 is 23.6 Å². The number of hydrogen-bond donors (Lipinski definition) is 3. The van der Waals surface area contributed by atoms with Gasteiger partial charge in [0, 0.05) is 13.7 Å². The van der Waals surface area contributed by atoms with E-state index in [1.807, 2.05) is 0 Å². The molecule has 6 heteroatoms. The van der Waals surface area contributed by atoms with E-state index in [1.54, 1.807) is 13.8 Å². The van der Waals surface area contributed by atoms with Crippen LogP contribution in [0.3, 0.4) is 0 Å². The maximum atomic E-state index is 11.8. The van der Waals surface area contributed by atoms with E-state index in [0.717, 1.165) is 0 Å². The fraction of sp³-hybridized carbons (Fsp3) is 0.818. The first kappa shape index (κ1) is 15.9. The van der Waals surface area contributed by atoms with Gasteiger partial charge in [-0.2, -0.15) is 0 Å². The highest BCUT2D eigenvalue weighted by Gasteiger charge is 2.33. The summed E-state index contributed by atoms with van der Waals surface area (Å²) in [7, 11) is 1.43. The van der Waals surface area contributed by atoms with Crippen LogP contribution in [-0.2, 0) is 14.3 Å². The molecule has 1 amide bonds. The van der Waals surface area contributed by atoms with Crippen LogP contribution in [0.1, 0.15) is 33.6 Å². The van der Waals surface area contributed by atoms with Crippen LogP contribution in [0.15, 0.2) is 0 Å². The molecule has 2 atom stereocenters. The third-order valence-electron chi connectivity index (χ3n) is 2.77. The molecule has 0 aromatic rings. The number of hydrogen-bond acceptors (Lipinski definition) is 4. The van der Waals surface area contributed by atoms with Crippen molar-refractivity contribution in [2.45, 2.75) is 44.8 Å². The molecule has 0 aliphatic rings. The number of aliphatic hydroxyl groups is 1. The van der Waals surface area contributed by atoms with Gasteiger partial charge in [0.1, 0.15) is 5.60 Å². The minimum atomic E-state index is -1.47. The monoisotopic (exact) mass is 247 g/mol. The molecular formula is C11H21NO5. The first-order chi connectivity index (χ1) is 7.67. The van der Waals surface area contributed by atoms with E-state index in [-0.39, 0.29) is 12.5 Å². The molecule has 0 radical (unpaired) electrons. The molecule has 0 aliphatic heterocycles. The van der Waals surface area contributed by atoms with Crippen LogP contribution in [0.25, 0.3) is 0 Å². The molecule has 17 heavy (non-hydrogen) atoms. The van der Waals surface area contributed by atoms with E-state index in [9.17, 15) is 14.7 Å². The Morgan fingerprint density at radius 2 is 1.88 bits per heavy atom. The lowest BCUT2D eigenvalue weighted by atomic mass is 9.99. The van der Waals surface area contributed by atoms with Crippen LogP contribution in [0.4, 0.5) is 0 Å². The van der Waals surface area contributed by atoms with Crippen molar-refractivity contribution in [1.29, 1.82) is 0 Å². The number of rotatable bonds is 7. The Kier molecular flexibility index (Phi) is 5.57. The molecule has 6 nitrogen and oxygen atoms in total. The van der Waals surface area contributed by atoms with E-state index in [0.29, 0.717) is 6.42 Å². The first-order valence-corrected chi connectivity index (χ1v) is 5.44. The molecule has 3 N–H and O–H groups in total. The Labute approximate surface area is 101 Å². The zero-order chi connectivity index (χ0) is 13.7. The summed E-state index contributed by atoms with van der Waals surface area (Å²) in [5.41, 5.74) is -2.43. The molecule has 0 aromatic carbocycles. The van der Waals surface area contributed by atoms with E-state index in [1.165, 1.54) is 14.0 Å². The van der Waals surface area contributed by atoms with Gasteiger partial charge in [-0.25, -0.2) is 0 Å². The van der Waals surface area contributed by atoms with Gasteiger partial charge in [0.2, 0.25) is 0 Å². The van der Waals surface area contributed by atoms with Crippen molar-refractivity contribution >= 4 is 11.9 Å². The molecule has 0 heterocycles. The van der Waals surface area contributed by atoms with Gasteiger partial charge in [-0.05, 0) is 20.3 Å². The molecule has 0 rings (SSSR count). The number of carbonyl (C=O) groups excluding carboxylic acids is 1. The molecule has 100 valence electrons. The van der Waals surface area contributed by atoms with Crippen molar-refractivity contribution < 1.29 is 24.5 Å². The Hall–Kier alpha value is -1.14. The highest BCUT2D eigenvalue weighted by molar-refractivity contribution is 5.84. The van der Waals surface area contributed by atoms with Crippen LogP contribution < -0.4 is 5.32 Å². The second-order valence-corrected chi connectivity index (χ2v) is 4.54. The number of methoxy groups -OCH3 is 1. The lowest BCUT2D eigenvalue weighted by molar-refractivity contribution is -0.146.